The van der Waals surface area contributed by atoms with Gasteiger partial charge < -0.3 is 4.90 Å². The van der Waals surface area contributed by atoms with Crippen LogP contribution in [0.4, 0.5) is 0 Å². The van der Waals surface area contributed by atoms with Gasteiger partial charge in [0.15, 0.2) is 0 Å². The van der Waals surface area contributed by atoms with E-state index in [0.717, 1.165) is 30.4 Å². The largest absolute Gasteiger partial charge is 0.339 e. The summed E-state index contributed by atoms with van der Waals surface area (Å²) in [5, 5.41) is 1.81. The fourth-order valence-corrected chi connectivity index (χ4v) is 5.24. The molecule has 1 atom stereocenters. The lowest BCUT2D eigenvalue weighted by atomic mass is 10.1. The monoisotopic (exact) mass is 463 g/mol. The van der Waals surface area contributed by atoms with Crippen molar-refractivity contribution in [1.82, 2.24) is 14.5 Å². The second kappa shape index (κ2) is 10.3. The third-order valence-corrected chi connectivity index (χ3v) is 7.43. The van der Waals surface area contributed by atoms with Gasteiger partial charge in [0.25, 0.3) is 0 Å². The first-order valence-electron chi connectivity index (χ1n) is 11.2. The maximum Gasteiger partial charge on any atom is 0.241 e. The van der Waals surface area contributed by atoms with Crippen LogP contribution in [0.5, 0.6) is 0 Å². The van der Waals surface area contributed by atoms with Crippen molar-refractivity contribution >= 4 is 32.8 Å². The summed E-state index contributed by atoms with van der Waals surface area (Å²) in [4.78, 5) is 17.1. The highest BCUT2D eigenvalue weighted by Gasteiger charge is 2.28. The minimum atomic E-state index is -3.80. The molecule has 1 fully saturated rings. The number of nitrogens with one attached hydrogen (secondary N) is 1. The van der Waals surface area contributed by atoms with Gasteiger partial charge in [0.05, 0.1) is 10.9 Å². The molecule has 1 aliphatic rings. The minimum absolute atomic E-state index is 0.163. The first-order valence-corrected chi connectivity index (χ1v) is 12.6. The van der Waals surface area contributed by atoms with Crippen LogP contribution in [0, 0.1) is 0 Å². The Morgan fingerprint density at radius 3 is 2.33 bits per heavy atom. The summed E-state index contributed by atoms with van der Waals surface area (Å²) in [5.41, 5.74) is 1.17. The standard InChI is InChI=1S/C26H29N3O3S/c1-21(27-33(31,32)25-14-13-23-11-5-6-12-24(23)20-25)26(30)29-18-16-28(17-19-29)15-7-10-22-8-3-2-4-9-22/h2-14,20-21,27H,15-19H2,1H3/b10-7+/t21-/m1/s1. The van der Waals surface area contributed by atoms with Crippen LogP contribution in [-0.4, -0.2) is 62.9 Å². The highest BCUT2D eigenvalue weighted by Crippen LogP contribution is 2.19. The molecule has 1 amide bonds. The molecule has 0 radical (unpaired) electrons. The van der Waals surface area contributed by atoms with Crippen LogP contribution >= 0.6 is 0 Å². The molecule has 1 heterocycles. The van der Waals surface area contributed by atoms with Gasteiger partial charge in [-0.05, 0) is 35.4 Å². The van der Waals surface area contributed by atoms with Crippen LogP contribution in [0.2, 0.25) is 0 Å². The summed E-state index contributed by atoms with van der Waals surface area (Å²) in [6.45, 7) is 5.11. The summed E-state index contributed by atoms with van der Waals surface area (Å²) in [6.07, 6.45) is 4.23. The van der Waals surface area contributed by atoms with E-state index in [1.165, 1.54) is 5.56 Å². The molecular formula is C26H29N3O3S. The van der Waals surface area contributed by atoms with Crippen molar-refractivity contribution < 1.29 is 13.2 Å². The highest BCUT2D eigenvalue weighted by molar-refractivity contribution is 7.89. The van der Waals surface area contributed by atoms with Crippen LogP contribution in [0.3, 0.4) is 0 Å². The summed E-state index contributed by atoms with van der Waals surface area (Å²) >= 11 is 0. The maximum absolute atomic E-state index is 12.9. The van der Waals surface area contributed by atoms with Crippen molar-refractivity contribution in [3.8, 4) is 0 Å². The van der Waals surface area contributed by atoms with E-state index < -0.39 is 16.1 Å². The van der Waals surface area contributed by atoms with Crippen LogP contribution in [0.1, 0.15) is 12.5 Å². The van der Waals surface area contributed by atoms with Gasteiger partial charge in [-0.3, -0.25) is 9.69 Å². The molecule has 3 aromatic rings. The van der Waals surface area contributed by atoms with E-state index in [1.54, 1.807) is 30.0 Å². The van der Waals surface area contributed by atoms with Crippen molar-refractivity contribution in [2.45, 2.75) is 17.9 Å². The van der Waals surface area contributed by atoms with Crippen LogP contribution in [0.25, 0.3) is 16.8 Å². The van der Waals surface area contributed by atoms with Gasteiger partial charge >= 0.3 is 0 Å². The lowest BCUT2D eigenvalue weighted by Crippen LogP contribution is -2.54. The molecule has 0 unspecified atom stereocenters. The van der Waals surface area contributed by atoms with E-state index in [-0.39, 0.29) is 10.8 Å². The molecule has 4 rings (SSSR count). The lowest BCUT2D eigenvalue weighted by Gasteiger charge is -2.35. The summed E-state index contributed by atoms with van der Waals surface area (Å²) in [7, 11) is -3.80. The molecule has 1 aliphatic heterocycles. The average Bonchev–Trinajstić information content (AvgIpc) is 2.84. The Morgan fingerprint density at radius 2 is 1.61 bits per heavy atom. The fraction of sp³-hybridized carbons (Fsp3) is 0.269. The zero-order chi connectivity index (χ0) is 23.3. The number of nitrogens with zero attached hydrogens (tertiary/aromatic N) is 2. The zero-order valence-corrected chi connectivity index (χ0v) is 19.5. The normalized spacial score (nSPS) is 16.3. The van der Waals surface area contributed by atoms with E-state index in [4.69, 9.17) is 0 Å². The van der Waals surface area contributed by atoms with Crippen molar-refractivity contribution in [2.75, 3.05) is 32.7 Å². The van der Waals surface area contributed by atoms with Crippen molar-refractivity contribution in [1.29, 1.82) is 0 Å². The van der Waals surface area contributed by atoms with E-state index in [2.05, 4.69) is 33.9 Å². The number of carbonyl (C=O) groups excluding carboxylic acids is 1. The Hall–Kier alpha value is -3.00. The van der Waals surface area contributed by atoms with E-state index in [0.29, 0.717) is 13.1 Å². The molecular weight excluding hydrogens is 434 g/mol. The van der Waals surface area contributed by atoms with Crippen molar-refractivity contribution in [2.24, 2.45) is 0 Å². The second-order valence-corrected chi connectivity index (χ2v) is 10.0. The number of carbonyl (C=O) groups is 1. The third kappa shape index (κ3) is 5.87. The number of amides is 1. The smallest absolute Gasteiger partial charge is 0.241 e. The molecule has 1 saturated heterocycles. The quantitative estimate of drug-likeness (QED) is 0.583. The molecule has 172 valence electrons. The van der Waals surface area contributed by atoms with Gasteiger partial charge in [-0.2, -0.15) is 4.72 Å². The Labute approximate surface area is 195 Å². The number of rotatable bonds is 7. The molecule has 1 N–H and O–H groups in total. The van der Waals surface area contributed by atoms with Crippen LogP contribution in [0.15, 0.2) is 83.8 Å². The fourth-order valence-electron chi connectivity index (χ4n) is 4.01. The molecule has 6 nitrogen and oxygen atoms in total. The number of sulfonamides is 1. The van der Waals surface area contributed by atoms with Gasteiger partial charge in [-0.1, -0.05) is 72.8 Å². The molecule has 7 heteroatoms. The predicted molar refractivity (Wildman–Crippen MR) is 132 cm³/mol. The Balaban J connectivity index is 1.30. The van der Waals surface area contributed by atoms with Gasteiger partial charge in [0.2, 0.25) is 15.9 Å². The topological polar surface area (TPSA) is 69.7 Å². The number of hydrogen-bond acceptors (Lipinski definition) is 4. The SMILES string of the molecule is C[C@@H](NS(=O)(=O)c1ccc2ccccc2c1)C(=O)N1CCN(C/C=C/c2ccccc2)CC1. The van der Waals surface area contributed by atoms with E-state index >= 15 is 0 Å². The Bertz CT molecular complexity index is 1230. The highest BCUT2D eigenvalue weighted by atomic mass is 32.2. The van der Waals surface area contributed by atoms with Gasteiger partial charge in [-0.25, -0.2) is 8.42 Å². The summed E-state index contributed by atoms with van der Waals surface area (Å²) < 4.78 is 28.3. The zero-order valence-electron chi connectivity index (χ0n) is 18.7. The number of benzene rings is 3. The van der Waals surface area contributed by atoms with Crippen LogP contribution in [-0.2, 0) is 14.8 Å². The predicted octanol–water partition coefficient (Wildman–Crippen LogP) is 3.36. The molecule has 0 bridgehead atoms. The minimum Gasteiger partial charge on any atom is -0.339 e. The van der Waals surface area contributed by atoms with Gasteiger partial charge in [0.1, 0.15) is 0 Å². The molecule has 3 aromatic carbocycles. The second-order valence-electron chi connectivity index (χ2n) is 8.29. The summed E-state index contributed by atoms with van der Waals surface area (Å²) in [6, 6.07) is 21.9. The first kappa shape index (κ1) is 23.2. The Kier molecular flexibility index (Phi) is 7.23. The maximum atomic E-state index is 12.9. The summed E-state index contributed by atoms with van der Waals surface area (Å²) in [5.74, 6) is -0.196. The number of hydrogen-bond donors (Lipinski definition) is 1. The van der Waals surface area contributed by atoms with E-state index in [9.17, 15) is 13.2 Å². The van der Waals surface area contributed by atoms with Crippen LogP contribution < -0.4 is 4.72 Å². The van der Waals surface area contributed by atoms with E-state index in [1.807, 2.05) is 42.5 Å². The molecule has 0 aliphatic carbocycles. The van der Waals surface area contributed by atoms with Gasteiger partial charge in [0, 0.05) is 32.7 Å². The molecule has 0 spiro atoms. The first-order chi connectivity index (χ1) is 15.9. The van der Waals surface area contributed by atoms with Crippen molar-refractivity contribution in [3.05, 3.63) is 84.4 Å². The van der Waals surface area contributed by atoms with Gasteiger partial charge in [-0.15, -0.1) is 0 Å². The Morgan fingerprint density at radius 1 is 0.939 bits per heavy atom. The number of fused-ring (bicyclic) bond motifs is 1. The lowest BCUT2D eigenvalue weighted by molar-refractivity contribution is -0.134. The molecule has 0 saturated carbocycles. The van der Waals surface area contributed by atoms with Crippen molar-refractivity contribution in [3.63, 3.8) is 0 Å². The molecule has 33 heavy (non-hydrogen) atoms. The third-order valence-electron chi connectivity index (χ3n) is 5.89. The molecule has 0 aromatic heterocycles. The average molecular weight is 464 g/mol. The number of piperazine rings is 1.